The number of anilines is 2. The number of hydrogen-bond acceptors (Lipinski definition) is 9. The van der Waals surface area contributed by atoms with Gasteiger partial charge in [-0.05, 0) is 37.1 Å². The third-order valence-electron chi connectivity index (χ3n) is 7.44. The fourth-order valence-electron chi connectivity index (χ4n) is 5.25. The first kappa shape index (κ1) is 30.7. The molecule has 0 bridgehead atoms. The number of amides is 1. The summed E-state index contributed by atoms with van der Waals surface area (Å²) in [5.41, 5.74) is 2.16. The van der Waals surface area contributed by atoms with Crippen molar-refractivity contribution in [2.24, 2.45) is 5.41 Å². The van der Waals surface area contributed by atoms with Crippen molar-refractivity contribution >= 4 is 23.4 Å². The summed E-state index contributed by atoms with van der Waals surface area (Å²) in [5.74, 6) is -0.156. The zero-order chi connectivity index (χ0) is 28.8. The predicted molar refractivity (Wildman–Crippen MR) is 155 cm³/mol. The first-order valence-electron chi connectivity index (χ1n) is 14.4. The molecule has 41 heavy (non-hydrogen) atoms. The monoisotopic (exact) mass is 570 g/mol. The van der Waals surface area contributed by atoms with E-state index in [4.69, 9.17) is 24.1 Å². The van der Waals surface area contributed by atoms with Crippen LogP contribution in [-0.4, -0.2) is 108 Å². The summed E-state index contributed by atoms with van der Waals surface area (Å²) < 4.78 is 21.5. The largest absolute Gasteiger partial charge is 0.481 e. The number of aromatic nitrogens is 1. The van der Waals surface area contributed by atoms with Crippen LogP contribution < -0.4 is 15.1 Å². The summed E-state index contributed by atoms with van der Waals surface area (Å²) in [6.45, 7) is 7.49. The van der Waals surface area contributed by atoms with Gasteiger partial charge in [0.15, 0.2) is 0 Å². The number of aliphatic carboxylic acids is 1. The lowest BCUT2D eigenvalue weighted by atomic mass is 9.86. The number of ether oxygens (including phenoxy) is 4. The standard InChI is InChI=1S/C30H42N4O7/c35-28(36)7-14-38-16-18-40-20-21-41-19-17-39-15-11-32-29(37)25-6-10-31-27(22-25)34-13-9-30(24-34)8-12-33(23-30)26-4-2-1-3-5-26/h1-6,10,22H,7-9,11-21,23-24H2,(H,32,37)(H,35,36). The van der Waals surface area contributed by atoms with Crippen LogP contribution in [0.5, 0.6) is 0 Å². The molecule has 2 fully saturated rings. The van der Waals surface area contributed by atoms with E-state index in [1.165, 1.54) is 12.1 Å². The number of carboxylic acids is 1. The second-order valence-corrected chi connectivity index (χ2v) is 10.4. The molecule has 11 nitrogen and oxygen atoms in total. The smallest absolute Gasteiger partial charge is 0.305 e. The fraction of sp³-hybridized carbons (Fsp3) is 0.567. The van der Waals surface area contributed by atoms with E-state index in [9.17, 15) is 9.59 Å². The first-order valence-corrected chi connectivity index (χ1v) is 14.4. The number of hydrogen-bond donors (Lipinski definition) is 2. The molecule has 224 valence electrons. The average Bonchev–Trinajstić information content (AvgIpc) is 3.62. The number of rotatable bonds is 18. The lowest BCUT2D eigenvalue weighted by Crippen LogP contribution is -2.31. The van der Waals surface area contributed by atoms with Crippen LogP contribution in [0.2, 0.25) is 0 Å². The minimum absolute atomic E-state index is 0.00788. The summed E-state index contributed by atoms with van der Waals surface area (Å²) in [6.07, 6.45) is 4.01. The van der Waals surface area contributed by atoms with Crippen LogP contribution in [0.25, 0.3) is 0 Å². The van der Waals surface area contributed by atoms with E-state index in [1.807, 2.05) is 6.07 Å². The molecule has 1 aromatic heterocycles. The number of nitrogens with zero attached hydrogens (tertiary/aromatic N) is 3. The highest BCUT2D eigenvalue weighted by Crippen LogP contribution is 2.42. The highest BCUT2D eigenvalue weighted by atomic mass is 16.6. The normalized spacial score (nSPS) is 18.3. The molecule has 1 spiro atoms. The summed E-state index contributed by atoms with van der Waals surface area (Å²) >= 11 is 0. The van der Waals surface area contributed by atoms with Crippen LogP contribution in [0, 0.1) is 5.41 Å². The summed E-state index contributed by atoms with van der Waals surface area (Å²) in [4.78, 5) is 32.5. The molecule has 2 aliphatic rings. The topological polar surface area (TPSA) is 123 Å². The Hall–Kier alpha value is -3.25. The van der Waals surface area contributed by atoms with Crippen molar-refractivity contribution in [1.82, 2.24) is 10.3 Å². The Morgan fingerprint density at radius 1 is 0.829 bits per heavy atom. The zero-order valence-electron chi connectivity index (χ0n) is 23.7. The number of benzene rings is 1. The average molecular weight is 571 g/mol. The van der Waals surface area contributed by atoms with Crippen molar-refractivity contribution < 1.29 is 33.6 Å². The minimum Gasteiger partial charge on any atom is -0.481 e. The van der Waals surface area contributed by atoms with Gasteiger partial charge in [0.05, 0.1) is 59.3 Å². The van der Waals surface area contributed by atoms with Crippen molar-refractivity contribution in [2.75, 3.05) is 95.4 Å². The van der Waals surface area contributed by atoms with E-state index in [0.29, 0.717) is 58.4 Å². The molecule has 11 heteroatoms. The van der Waals surface area contributed by atoms with Gasteiger partial charge in [-0.2, -0.15) is 0 Å². The van der Waals surface area contributed by atoms with E-state index in [-0.39, 0.29) is 24.3 Å². The second kappa shape index (κ2) is 16.3. The Bertz CT molecular complexity index is 1090. The molecule has 1 unspecified atom stereocenters. The Morgan fingerprint density at radius 2 is 1.44 bits per heavy atom. The minimum atomic E-state index is -0.877. The van der Waals surface area contributed by atoms with Gasteiger partial charge in [-0.3, -0.25) is 9.59 Å². The predicted octanol–water partition coefficient (Wildman–Crippen LogP) is 2.46. The number of carboxylic acid groups (broad SMARTS) is 1. The van der Waals surface area contributed by atoms with Crippen LogP contribution >= 0.6 is 0 Å². The van der Waals surface area contributed by atoms with Crippen LogP contribution in [-0.2, 0) is 23.7 Å². The maximum atomic E-state index is 12.7. The van der Waals surface area contributed by atoms with Gasteiger partial charge in [0, 0.05) is 55.6 Å². The Kier molecular flexibility index (Phi) is 12.2. The number of nitrogens with one attached hydrogen (secondary N) is 1. The van der Waals surface area contributed by atoms with Gasteiger partial charge >= 0.3 is 5.97 Å². The maximum absolute atomic E-state index is 12.7. The summed E-state index contributed by atoms with van der Waals surface area (Å²) in [6, 6.07) is 14.2. The highest BCUT2D eigenvalue weighted by Gasteiger charge is 2.43. The van der Waals surface area contributed by atoms with E-state index in [1.54, 1.807) is 12.3 Å². The van der Waals surface area contributed by atoms with Gasteiger partial charge in [-0.15, -0.1) is 0 Å². The van der Waals surface area contributed by atoms with Crippen molar-refractivity contribution in [1.29, 1.82) is 0 Å². The zero-order valence-corrected chi connectivity index (χ0v) is 23.7. The number of para-hydroxylation sites is 1. The van der Waals surface area contributed by atoms with Crippen LogP contribution in [0.4, 0.5) is 11.5 Å². The van der Waals surface area contributed by atoms with Gasteiger partial charge < -0.3 is 39.2 Å². The number of pyridine rings is 1. The van der Waals surface area contributed by atoms with E-state index < -0.39 is 5.97 Å². The molecule has 2 aliphatic heterocycles. The lowest BCUT2D eigenvalue weighted by Gasteiger charge is -2.26. The second-order valence-electron chi connectivity index (χ2n) is 10.4. The van der Waals surface area contributed by atoms with Crippen LogP contribution in [0.3, 0.4) is 0 Å². The molecule has 1 amide bonds. The van der Waals surface area contributed by atoms with E-state index >= 15 is 0 Å². The van der Waals surface area contributed by atoms with E-state index in [2.05, 4.69) is 50.4 Å². The third kappa shape index (κ3) is 9.96. The molecule has 2 N–H and O–H groups in total. The molecule has 0 radical (unpaired) electrons. The molecule has 2 aromatic rings. The van der Waals surface area contributed by atoms with Gasteiger partial charge in [0.1, 0.15) is 5.82 Å². The molecule has 0 aliphatic carbocycles. The van der Waals surface area contributed by atoms with Gasteiger partial charge in [-0.1, -0.05) is 18.2 Å². The molecule has 0 saturated carbocycles. The third-order valence-corrected chi connectivity index (χ3v) is 7.44. The van der Waals surface area contributed by atoms with Gasteiger partial charge in [0.2, 0.25) is 0 Å². The Morgan fingerprint density at radius 3 is 2.12 bits per heavy atom. The van der Waals surface area contributed by atoms with Crippen molar-refractivity contribution in [3.63, 3.8) is 0 Å². The molecule has 1 atom stereocenters. The lowest BCUT2D eigenvalue weighted by molar-refractivity contribution is -0.138. The molecule has 1 aromatic carbocycles. The molecule has 3 heterocycles. The van der Waals surface area contributed by atoms with Crippen molar-refractivity contribution in [3.8, 4) is 0 Å². The summed E-state index contributed by atoms with van der Waals surface area (Å²) in [5, 5.41) is 11.4. The van der Waals surface area contributed by atoms with Crippen molar-refractivity contribution in [2.45, 2.75) is 19.3 Å². The molecule has 2 saturated heterocycles. The Labute approximate surface area is 241 Å². The van der Waals surface area contributed by atoms with Crippen LogP contribution in [0.15, 0.2) is 48.7 Å². The fourth-order valence-corrected chi connectivity index (χ4v) is 5.25. The van der Waals surface area contributed by atoms with Crippen LogP contribution in [0.1, 0.15) is 29.6 Å². The van der Waals surface area contributed by atoms with E-state index in [0.717, 1.165) is 38.4 Å². The highest BCUT2D eigenvalue weighted by molar-refractivity contribution is 5.94. The van der Waals surface area contributed by atoms with Gasteiger partial charge in [0.25, 0.3) is 5.91 Å². The first-order chi connectivity index (χ1) is 20.0. The number of carbonyl (C=O) groups excluding carboxylic acids is 1. The summed E-state index contributed by atoms with van der Waals surface area (Å²) in [7, 11) is 0. The number of carbonyl (C=O) groups is 2. The Balaban J connectivity index is 1.05. The SMILES string of the molecule is O=C(O)CCOCCOCCOCCOCCNC(=O)c1ccnc(N2CCC3(CCN(c4ccccc4)C3)C2)c1. The maximum Gasteiger partial charge on any atom is 0.305 e. The quantitative estimate of drug-likeness (QED) is 0.259. The molecule has 4 rings (SSSR count). The molecular formula is C30H42N4O7. The molecular weight excluding hydrogens is 528 g/mol. The van der Waals surface area contributed by atoms with Crippen molar-refractivity contribution in [3.05, 3.63) is 54.2 Å². The van der Waals surface area contributed by atoms with Gasteiger partial charge in [-0.25, -0.2) is 4.98 Å².